The van der Waals surface area contributed by atoms with Crippen LogP contribution in [0.1, 0.15) is 27.2 Å². The first-order chi connectivity index (χ1) is 9.88. The Bertz CT molecular complexity index is 445. The van der Waals surface area contributed by atoms with Crippen LogP contribution < -0.4 is 10.6 Å². The van der Waals surface area contributed by atoms with E-state index in [-0.39, 0.29) is 24.5 Å². The van der Waals surface area contributed by atoms with Gasteiger partial charge in [0.1, 0.15) is 0 Å². The number of hydrogen-bond acceptors (Lipinski definition) is 3. The Morgan fingerprint density at radius 2 is 2.05 bits per heavy atom. The van der Waals surface area contributed by atoms with Crippen LogP contribution in [0.2, 0.25) is 0 Å². The van der Waals surface area contributed by atoms with Gasteiger partial charge in [0.15, 0.2) is 0 Å². The third kappa shape index (κ3) is 6.78. The van der Waals surface area contributed by atoms with Crippen LogP contribution >= 0.6 is 0 Å². The van der Waals surface area contributed by atoms with Gasteiger partial charge in [-0.15, -0.1) is 0 Å². The van der Waals surface area contributed by atoms with Crippen molar-refractivity contribution in [2.24, 2.45) is 11.8 Å². The Morgan fingerprint density at radius 3 is 2.57 bits per heavy atom. The van der Waals surface area contributed by atoms with E-state index in [1.807, 2.05) is 33.0 Å². The van der Waals surface area contributed by atoms with E-state index in [0.717, 1.165) is 0 Å². The number of aromatic nitrogens is 2. The quantitative estimate of drug-likeness (QED) is 0.674. The molecule has 0 bridgehead atoms. The lowest BCUT2D eigenvalue weighted by atomic mass is 9.97. The molecule has 0 saturated carbocycles. The lowest BCUT2D eigenvalue weighted by Crippen LogP contribution is -2.45. The molecule has 3 N–H and O–H groups in total. The molecule has 0 radical (unpaired) electrons. The topological polar surface area (TPSA) is 96.3 Å². The minimum absolute atomic E-state index is 0.0988. The van der Waals surface area contributed by atoms with Gasteiger partial charge in [0.2, 0.25) is 0 Å². The second-order valence-electron chi connectivity index (χ2n) is 5.65. The van der Waals surface area contributed by atoms with Crippen LogP contribution in [0.3, 0.4) is 0 Å². The number of carbonyl (C=O) groups excluding carboxylic acids is 1. The van der Waals surface area contributed by atoms with Crippen LogP contribution in [-0.4, -0.2) is 39.5 Å². The van der Waals surface area contributed by atoms with Gasteiger partial charge in [0.25, 0.3) is 0 Å². The van der Waals surface area contributed by atoms with Crippen molar-refractivity contribution < 1.29 is 14.7 Å². The van der Waals surface area contributed by atoms with E-state index >= 15 is 0 Å². The zero-order chi connectivity index (χ0) is 15.8. The van der Waals surface area contributed by atoms with Crippen LogP contribution in [0.5, 0.6) is 0 Å². The van der Waals surface area contributed by atoms with E-state index in [1.54, 1.807) is 10.9 Å². The highest BCUT2D eigenvalue weighted by atomic mass is 16.4. The molecule has 2 amide bonds. The number of nitrogens with one attached hydrogen (secondary N) is 2. The van der Waals surface area contributed by atoms with Crippen molar-refractivity contribution in [1.82, 2.24) is 20.4 Å². The fourth-order valence-corrected chi connectivity index (χ4v) is 2.07. The van der Waals surface area contributed by atoms with E-state index in [1.165, 1.54) is 0 Å². The Hall–Kier alpha value is -2.05. The van der Waals surface area contributed by atoms with Crippen LogP contribution in [0.15, 0.2) is 18.5 Å². The second kappa shape index (κ2) is 8.28. The Morgan fingerprint density at radius 1 is 1.33 bits per heavy atom. The normalized spacial score (nSPS) is 13.7. The number of carboxylic acid groups (broad SMARTS) is 1. The summed E-state index contributed by atoms with van der Waals surface area (Å²) in [7, 11) is 0. The average molecular weight is 296 g/mol. The molecular weight excluding hydrogens is 272 g/mol. The molecule has 0 aromatic carbocycles. The van der Waals surface area contributed by atoms with E-state index in [9.17, 15) is 9.59 Å². The summed E-state index contributed by atoms with van der Waals surface area (Å²) >= 11 is 0. The predicted octanol–water partition coefficient (Wildman–Crippen LogP) is 1.32. The zero-order valence-electron chi connectivity index (χ0n) is 12.7. The average Bonchev–Trinajstić information content (AvgIpc) is 2.86. The van der Waals surface area contributed by atoms with Gasteiger partial charge in [-0.25, -0.2) is 4.79 Å². The molecule has 0 saturated heterocycles. The van der Waals surface area contributed by atoms with Crippen molar-refractivity contribution in [2.75, 3.05) is 6.54 Å². The Balaban J connectivity index is 2.33. The molecule has 1 heterocycles. The number of hydrogen-bond donors (Lipinski definition) is 3. The summed E-state index contributed by atoms with van der Waals surface area (Å²) in [6.07, 6.45) is 4.04. The van der Waals surface area contributed by atoms with Crippen LogP contribution in [0, 0.1) is 11.8 Å². The van der Waals surface area contributed by atoms with E-state index < -0.39 is 11.9 Å². The van der Waals surface area contributed by atoms with Gasteiger partial charge in [-0.05, 0) is 25.3 Å². The maximum Gasteiger partial charge on any atom is 0.315 e. The fourth-order valence-electron chi connectivity index (χ4n) is 2.07. The summed E-state index contributed by atoms with van der Waals surface area (Å²) in [5.74, 6) is -1.17. The molecule has 1 aromatic rings. The molecule has 1 rings (SSSR count). The van der Waals surface area contributed by atoms with Crippen molar-refractivity contribution in [3.05, 3.63) is 18.5 Å². The maximum absolute atomic E-state index is 11.7. The van der Waals surface area contributed by atoms with Gasteiger partial charge in [0.05, 0.1) is 12.5 Å². The van der Waals surface area contributed by atoms with Crippen molar-refractivity contribution in [1.29, 1.82) is 0 Å². The number of carbonyl (C=O) groups is 2. The first-order valence-corrected chi connectivity index (χ1v) is 7.13. The molecule has 0 spiro atoms. The lowest BCUT2D eigenvalue weighted by Gasteiger charge is -2.18. The van der Waals surface area contributed by atoms with Crippen LogP contribution in [0.4, 0.5) is 4.79 Å². The highest BCUT2D eigenvalue weighted by Crippen LogP contribution is 2.10. The minimum Gasteiger partial charge on any atom is -0.481 e. The van der Waals surface area contributed by atoms with Gasteiger partial charge >= 0.3 is 12.0 Å². The number of nitrogens with zero attached hydrogens (tertiary/aromatic N) is 2. The molecule has 0 aliphatic heterocycles. The van der Waals surface area contributed by atoms with Crippen molar-refractivity contribution in [3.63, 3.8) is 0 Å². The molecule has 0 fully saturated rings. The maximum atomic E-state index is 11.7. The molecule has 7 nitrogen and oxygen atoms in total. The van der Waals surface area contributed by atoms with Gasteiger partial charge in [0, 0.05) is 25.0 Å². The Kier molecular flexibility index (Phi) is 6.71. The molecule has 21 heavy (non-hydrogen) atoms. The SMILES string of the molecule is CC(C)CC(CNC(=O)NC(C)Cn1cccn1)C(=O)O. The van der Waals surface area contributed by atoms with Crippen molar-refractivity contribution in [2.45, 2.75) is 39.8 Å². The smallest absolute Gasteiger partial charge is 0.315 e. The lowest BCUT2D eigenvalue weighted by molar-refractivity contribution is -0.142. The van der Waals surface area contributed by atoms with Gasteiger partial charge in [-0.3, -0.25) is 9.48 Å². The summed E-state index contributed by atoms with van der Waals surface area (Å²) in [6.45, 7) is 6.48. The fraction of sp³-hybridized carbons (Fsp3) is 0.643. The zero-order valence-corrected chi connectivity index (χ0v) is 12.7. The van der Waals surface area contributed by atoms with E-state index in [0.29, 0.717) is 13.0 Å². The number of aliphatic carboxylic acids is 1. The van der Waals surface area contributed by atoms with Gasteiger partial charge in [-0.1, -0.05) is 13.8 Å². The minimum atomic E-state index is -0.881. The monoisotopic (exact) mass is 296 g/mol. The predicted molar refractivity (Wildman–Crippen MR) is 78.8 cm³/mol. The number of carboxylic acids is 1. The van der Waals surface area contributed by atoms with Gasteiger partial charge < -0.3 is 15.7 Å². The van der Waals surface area contributed by atoms with E-state index in [2.05, 4.69) is 15.7 Å². The first-order valence-electron chi connectivity index (χ1n) is 7.13. The standard InChI is InChI=1S/C14H24N4O3/c1-10(2)7-12(13(19)20)8-15-14(21)17-11(3)9-18-6-4-5-16-18/h4-6,10-12H,7-9H2,1-3H3,(H,19,20)(H2,15,17,21). The molecule has 0 aliphatic carbocycles. The number of urea groups is 1. The number of rotatable bonds is 8. The van der Waals surface area contributed by atoms with Crippen molar-refractivity contribution >= 4 is 12.0 Å². The Labute approximate surface area is 124 Å². The van der Waals surface area contributed by atoms with Gasteiger partial charge in [-0.2, -0.15) is 5.10 Å². The summed E-state index contributed by atoms with van der Waals surface area (Å²) in [6, 6.07) is 1.36. The summed E-state index contributed by atoms with van der Waals surface area (Å²) in [5, 5.41) is 18.5. The van der Waals surface area contributed by atoms with Crippen LogP contribution in [0.25, 0.3) is 0 Å². The molecule has 2 unspecified atom stereocenters. The molecule has 0 aliphatic rings. The summed E-state index contributed by atoms with van der Waals surface area (Å²) in [4.78, 5) is 22.8. The third-order valence-electron chi connectivity index (χ3n) is 3.01. The molecule has 118 valence electrons. The molecule has 2 atom stereocenters. The second-order valence-corrected chi connectivity index (χ2v) is 5.65. The molecule has 7 heteroatoms. The summed E-state index contributed by atoms with van der Waals surface area (Å²) < 4.78 is 1.73. The summed E-state index contributed by atoms with van der Waals surface area (Å²) in [5.41, 5.74) is 0. The van der Waals surface area contributed by atoms with E-state index in [4.69, 9.17) is 5.11 Å². The number of amides is 2. The highest BCUT2D eigenvalue weighted by molar-refractivity contribution is 5.76. The van der Waals surface area contributed by atoms with Crippen molar-refractivity contribution in [3.8, 4) is 0 Å². The van der Waals surface area contributed by atoms with Crippen LogP contribution in [-0.2, 0) is 11.3 Å². The highest BCUT2D eigenvalue weighted by Gasteiger charge is 2.20. The largest absolute Gasteiger partial charge is 0.481 e. The first kappa shape index (κ1) is 17.0. The molecule has 1 aromatic heterocycles. The molecular formula is C14H24N4O3. The third-order valence-corrected chi connectivity index (χ3v) is 3.01.